The van der Waals surface area contributed by atoms with Gasteiger partial charge in [0, 0.05) is 24.9 Å². The minimum Gasteiger partial charge on any atom is -0.366 e. The molecule has 0 saturated carbocycles. The molecule has 1 atom stereocenters. The molecule has 1 heterocycles. The van der Waals surface area contributed by atoms with Crippen molar-refractivity contribution in [3.05, 3.63) is 22.1 Å². The molecule has 6 heteroatoms. The van der Waals surface area contributed by atoms with Crippen LogP contribution in [0.4, 0.5) is 0 Å². The van der Waals surface area contributed by atoms with Crippen LogP contribution in [-0.2, 0) is 0 Å². The molecule has 1 unspecified atom stereocenters. The highest BCUT2D eigenvalue weighted by Crippen LogP contribution is 2.15. The first-order valence-corrected chi connectivity index (χ1v) is 6.39. The first-order valence-electron chi connectivity index (χ1n) is 5.00. The van der Waals surface area contributed by atoms with Crippen molar-refractivity contribution in [3.63, 3.8) is 0 Å². The Labute approximate surface area is 94.0 Å². The first-order chi connectivity index (χ1) is 7.15. The Morgan fingerprint density at radius 1 is 1.80 bits per heavy atom. The molecular weight excluding hydrogens is 214 g/mol. The lowest BCUT2D eigenvalue weighted by Gasteiger charge is -2.36. The van der Waals surface area contributed by atoms with Gasteiger partial charge >= 0.3 is 0 Å². The maximum absolute atomic E-state index is 10.5. The Bertz CT molecular complexity index is 258. The normalized spacial score (nSPS) is 24.0. The van der Waals surface area contributed by atoms with Gasteiger partial charge in [0.25, 0.3) is 6.20 Å². The van der Waals surface area contributed by atoms with Crippen LogP contribution in [0.5, 0.6) is 0 Å². The average molecular weight is 231 g/mol. The Hall–Kier alpha value is -0.910. The molecule has 0 aromatic carbocycles. The zero-order valence-corrected chi connectivity index (χ0v) is 9.92. The highest BCUT2D eigenvalue weighted by atomic mass is 32.2. The maximum Gasteiger partial charge on any atom is 0.274 e. The van der Waals surface area contributed by atoms with Crippen molar-refractivity contribution in [1.29, 1.82) is 0 Å². The largest absolute Gasteiger partial charge is 0.366 e. The van der Waals surface area contributed by atoms with E-state index >= 15 is 0 Å². The van der Waals surface area contributed by atoms with Crippen molar-refractivity contribution in [3.8, 4) is 0 Å². The summed E-state index contributed by atoms with van der Waals surface area (Å²) in [5.74, 6) is 1.63. The summed E-state index contributed by atoms with van der Waals surface area (Å²) in [5, 5.41) is 13.5. The molecule has 0 amide bonds. The molecule has 1 N–H and O–H groups in total. The van der Waals surface area contributed by atoms with Crippen LogP contribution in [0, 0.1) is 10.1 Å². The van der Waals surface area contributed by atoms with E-state index in [0.717, 1.165) is 31.5 Å². The smallest absolute Gasteiger partial charge is 0.274 e. The number of rotatable bonds is 4. The first kappa shape index (κ1) is 12.2. The average Bonchev–Trinajstić information content (AvgIpc) is 2.16. The zero-order chi connectivity index (χ0) is 11.3. The fourth-order valence-electron chi connectivity index (χ4n) is 1.65. The topological polar surface area (TPSA) is 58.4 Å². The Kier molecular flexibility index (Phi) is 4.74. The lowest BCUT2D eigenvalue weighted by atomic mass is 10.1. The molecular formula is C9H17N3O2S. The van der Waals surface area contributed by atoms with Crippen LogP contribution in [0.15, 0.2) is 12.0 Å². The lowest BCUT2D eigenvalue weighted by Crippen LogP contribution is -2.46. The minimum atomic E-state index is -0.396. The van der Waals surface area contributed by atoms with E-state index in [-0.39, 0.29) is 0 Å². The summed E-state index contributed by atoms with van der Waals surface area (Å²) in [6, 6.07) is 0.379. The lowest BCUT2D eigenvalue weighted by molar-refractivity contribution is -0.405. The number of hydrogen-bond donors (Lipinski definition) is 1. The SMILES string of the molecule is CSCCN1C(=C[N+](=O)[O-])NCCC1C. The molecule has 0 radical (unpaired) electrons. The quantitative estimate of drug-likeness (QED) is 0.580. The van der Waals surface area contributed by atoms with Crippen molar-refractivity contribution in [2.45, 2.75) is 19.4 Å². The second-order valence-electron chi connectivity index (χ2n) is 3.55. The van der Waals surface area contributed by atoms with E-state index in [1.807, 2.05) is 6.26 Å². The van der Waals surface area contributed by atoms with Crippen LogP contribution in [0.2, 0.25) is 0 Å². The summed E-state index contributed by atoms with van der Waals surface area (Å²) >= 11 is 1.75. The summed E-state index contributed by atoms with van der Waals surface area (Å²) in [4.78, 5) is 12.1. The van der Waals surface area contributed by atoms with E-state index in [4.69, 9.17) is 0 Å². The van der Waals surface area contributed by atoms with Gasteiger partial charge in [-0.05, 0) is 19.6 Å². The van der Waals surface area contributed by atoms with Gasteiger partial charge in [-0.3, -0.25) is 10.1 Å². The van der Waals surface area contributed by atoms with Gasteiger partial charge in [-0.1, -0.05) is 0 Å². The molecule has 1 aliphatic rings. The molecule has 5 nitrogen and oxygen atoms in total. The maximum atomic E-state index is 10.5. The van der Waals surface area contributed by atoms with E-state index in [1.165, 1.54) is 0 Å². The Morgan fingerprint density at radius 3 is 3.13 bits per heavy atom. The molecule has 0 aromatic heterocycles. The third-order valence-corrected chi connectivity index (χ3v) is 3.06. The molecule has 1 aliphatic heterocycles. The van der Waals surface area contributed by atoms with E-state index in [0.29, 0.717) is 11.9 Å². The monoisotopic (exact) mass is 231 g/mol. The van der Waals surface area contributed by atoms with Gasteiger partial charge in [0.2, 0.25) is 0 Å². The summed E-state index contributed by atoms with van der Waals surface area (Å²) in [7, 11) is 0. The van der Waals surface area contributed by atoms with Gasteiger partial charge in [-0.2, -0.15) is 11.8 Å². The molecule has 0 aliphatic carbocycles. The molecule has 0 spiro atoms. The predicted molar refractivity (Wildman–Crippen MR) is 62.2 cm³/mol. The summed E-state index contributed by atoms with van der Waals surface area (Å²) in [6.07, 6.45) is 4.14. The van der Waals surface area contributed by atoms with E-state index in [9.17, 15) is 10.1 Å². The zero-order valence-electron chi connectivity index (χ0n) is 9.10. The molecule has 86 valence electrons. The number of thioether (sulfide) groups is 1. The molecule has 15 heavy (non-hydrogen) atoms. The number of nitro groups is 1. The number of nitrogens with zero attached hydrogens (tertiary/aromatic N) is 2. The van der Waals surface area contributed by atoms with Crippen LogP contribution in [0.1, 0.15) is 13.3 Å². The summed E-state index contributed by atoms with van der Waals surface area (Å²) < 4.78 is 0. The highest BCUT2D eigenvalue weighted by Gasteiger charge is 2.23. The van der Waals surface area contributed by atoms with Crippen LogP contribution in [0.3, 0.4) is 0 Å². The third-order valence-electron chi connectivity index (χ3n) is 2.47. The third kappa shape index (κ3) is 3.62. The second-order valence-corrected chi connectivity index (χ2v) is 4.54. The van der Waals surface area contributed by atoms with Crippen molar-refractivity contribution in [2.24, 2.45) is 0 Å². The standard InChI is InChI=1S/C9H17N3O2S/c1-8-3-4-10-9(7-12(13)14)11(8)5-6-15-2/h7-8,10H,3-6H2,1-2H3. The molecule has 1 rings (SSSR count). The predicted octanol–water partition coefficient (Wildman–Crippen LogP) is 1.11. The van der Waals surface area contributed by atoms with Crippen molar-refractivity contribution < 1.29 is 4.92 Å². The Balaban J connectivity index is 2.68. The van der Waals surface area contributed by atoms with Crippen LogP contribution >= 0.6 is 11.8 Å². The van der Waals surface area contributed by atoms with E-state index < -0.39 is 4.92 Å². The number of nitrogens with one attached hydrogen (secondary N) is 1. The Morgan fingerprint density at radius 2 is 2.53 bits per heavy atom. The summed E-state index contributed by atoms with van der Waals surface area (Å²) in [5.41, 5.74) is 0. The van der Waals surface area contributed by atoms with Crippen LogP contribution < -0.4 is 5.32 Å². The fourth-order valence-corrected chi connectivity index (χ4v) is 2.03. The van der Waals surface area contributed by atoms with Gasteiger partial charge in [0.05, 0.1) is 4.92 Å². The summed E-state index contributed by atoms with van der Waals surface area (Å²) in [6.45, 7) is 3.78. The second kappa shape index (κ2) is 5.85. The molecule has 1 saturated heterocycles. The number of hydrogen-bond acceptors (Lipinski definition) is 5. The molecule has 1 fully saturated rings. The van der Waals surface area contributed by atoms with E-state index in [2.05, 4.69) is 17.1 Å². The van der Waals surface area contributed by atoms with Gasteiger partial charge in [-0.15, -0.1) is 0 Å². The van der Waals surface area contributed by atoms with Crippen LogP contribution in [0.25, 0.3) is 0 Å². The molecule has 0 bridgehead atoms. The van der Waals surface area contributed by atoms with Gasteiger partial charge < -0.3 is 10.2 Å². The van der Waals surface area contributed by atoms with Gasteiger partial charge in [0.15, 0.2) is 5.82 Å². The van der Waals surface area contributed by atoms with Crippen molar-refractivity contribution >= 4 is 11.8 Å². The van der Waals surface area contributed by atoms with E-state index in [1.54, 1.807) is 11.8 Å². The van der Waals surface area contributed by atoms with Crippen molar-refractivity contribution in [2.75, 3.05) is 25.1 Å². The highest BCUT2D eigenvalue weighted by molar-refractivity contribution is 7.98. The van der Waals surface area contributed by atoms with Gasteiger partial charge in [-0.25, -0.2) is 0 Å². The van der Waals surface area contributed by atoms with Crippen molar-refractivity contribution in [1.82, 2.24) is 10.2 Å². The molecule has 0 aromatic rings. The van der Waals surface area contributed by atoms with Gasteiger partial charge in [0.1, 0.15) is 0 Å². The van der Waals surface area contributed by atoms with Crippen LogP contribution in [-0.4, -0.2) is 41.0 Å². The minimum absolute atomic E-state index is 0.379. The fraction of sp³-hybridized carbons (Fsp3) is 0.778.